The van der Waals surface area contributed by atoms with Crippen molar-refractivity contribution in [3.63, 3.8) is 0 Å². The molecule has 236 valence electrons. The first-order valence-electron chi connectivity index (χ1n) is 16.5. The summed E-state index contributed by atoms with van der Waals surface area (Å²) >= 11 is 9.16. The number of anilines is 2. The third-order valence-corrected chi connectivity index (χ3v) is 10.9. The minimum atomic E-state index is 0.409. The van der Waals surface area contributed by atoms with Gasteiger partial charge in [0, 0.05) is 16.6 Å². The molecule has 4 N–H and O–H groups in total. The van der Waals surface area contributed by atoms with E-state index in [2.05, 4.69) is 85.9 Å². The fourth-order valence-electron chi connectivity index (χ4n) is 7.07. The Bertz CT molecular complexity index is 1540. The molecule has 2 saturated carbocycles. The van der Waals surface area contributed by atoms with E-state index in [4.69, 9.17) is 20.9 Å². The molecule has 0 heterocycles. The van der Waals surface area contributed by atoms with Gasteiger partial charge in [-0.05, 0) is 157 Å². The van der Waals surface area contributed by atoms with Gasteiger partial charge in [0.05, 0.1) is 0 Å². The topological polar surface area (TPSA) is 70.5 Å². The summed E-state index contributed by atoms with van der Waals surface area (Å²) in [5.41, 5.74) is 20.9. The van der Waals surface area contributed by atoms with Crippen LogP contribution in [0.25, 0.3) is 11.1 Å². The van der Waals surface area contributed by atoms with Crippen LogP contribution in [-0.2, 0) is 13.2 Å². The smallest absolute Gasteiger partial charge is 0.119 e. The molecule has 45 heavy (non-hydrogen) atoms. The first-order valence-corrected chi connectivity index (χ1v) is 17.6. The normalized spacial score (nSPS) is 21.7. The van der Waals surface area contributed by atoms with Crippen LogP contribution in [-0.4, -0.2) is 11.0 Å². The fourth-order valence-corrected chi connectivity index (χ4v) is 7.74. The summed E-state index contributed by atoms with van der Waals surface area (Å²) in [5, 5.41) is 0.550. The highest BCUT2D eigenvalue weighted by Gasteiger charge is 2.22. The monoisotopic (exact) mass is 638 g/mol. The lowest BCUT2D eigenvalue weighted by atomic mass is 9.79. The van der Waals surface area contributed by atoms with Crippen molar-refractivity contribution in [3.8, 4) is 22.6 Å². The third-order valence-electron chi connectivity index (χ3n) is 9.84. The van der Waals surface area contributed by atoms with Crippen LogP contribution < -0.4 is 20.9 Å². The summed E-state index contributed by atoms with van der Waals surface area (Å²) in [6.07, 6.45) is 9.82. The molecule has 6 rings (SSSR count). The fraction of sp³-hybridized carbons (Fsp3) is 0.385. The Morgan fingerprint density at radius 3 is 1.40 bits per heavy atom. The van der Waals surface area contributed by atoms with Gasteiger partial charge in [0.15, 0.2) is 0 Å². The Hall–Kier alpha value is -3.22. The number of thiol groups is 2. The molecule has 0 unspecified atom stereocenters. The molecule has 2 fully saturated rings. The van der Waals surface area contributed by atoms with Crippen LogP contribution in [0.4, 0.5) is 11.4 Å². The van der Waals surface area contributed by atoms with Crippen LogP contribution in [0.1, 0.15) is 85.5 Å². The highest BCUT2D eigenvalue weighted by atomic mass is 32.1. The zero-order valence-electron chi connectivity index (χ0n) is 26.0. The molecule has 0 atom stereocenters. The lowest BCUT2D eigenvalue weighted by molar-refractivity contribution is 0.304. The molecule has 0 bridgehead atoms. The van der Waals surface area contributed by atoms with Crippen molar-refractivity contribution >= 4 is 36.6 Å². The number of hydrogen-bond acceptors (Lipinski definition) is 6. The Labute approximate surface area is 279 Å². The molecule has 4 aromatic rings. The van der Waals surface area contributed by atoms with Gasteiger partial charge in [-0.15, -0.1) is 0 Å². The van der Waals surface area contributed by atoms with Gasteiger partial charge in [-0.1, -0.05) is 36.4 Å². The van der Waals surface area contributed by atoms with E-state index in [-0.39, 0.29) is 0 Å². The summed E-state index contributed by atoms with van der Waals surface area (Å²) in [7, 11) is 0. The van der Waals surface area contributed by atoms with E-state index in [1.54, 1.807) is 0 Å². The van der Waals surface area contributed by atoms with E-state index >= 15 is 0 Å². The van der Waals surface area contributed by atoms with Crippen molar-refractivity contribution in [3.05, 3.63) is 107 Å². The van der Waals surface area contributed by atoms with Crippen LogP contribution in [0, 0.1) is 5.92 Å². The number of nitrogen functional groups attached to an aromatic ring is 2. The zero-order chi connectivity index (χ0) is 31.2. The molecule has 4 aromatic carbocycles. The highest BCUT2D eigenvalue weighted by molar-refractivity contribution is 7.81. The molecule has 2 aliphatic rings. The maximum atomic E-state index is 6.32. The van der Waals surface area contributed by atoms with E-state index < -0.39 is 0 Å². The van der Waals surface area contributed by atoms with E-state index in [9.17, 15) is 0 Å². The van der Waals surface area contributed by atoms with Crippen LogP contribution in [0.15, 0.2) is 84.9 Å². The quantitative estimate of drug-likeness (QED) is 0.103. The maximum absolute atomic E-state index is 6.32. The number of hydrogen-bond donors (Lipinski definition) is 4. The van der Waals surface area contributed by atoms with E-state index in [0.717, 1.165) is 45.4 Å². The minimum Gasteiger partial charge on any atom is -0.489 e. The number of benzene rings is 4. The summed E-state index contributed by atoms with van der Waals surface area (Å²) in [6, 6.07) is 29.3. The van der Waals surface area contributed by atoms with Crippen LogP contribution in [0.2, 0.25) is 0 Å². The molecule has 2 aliphatic carbocycles. The summed E-state index contributed by atoms with van der Waals surface area (Å²) in [4.78, 5) is 0. The SMILES string of the molecule is Nc1ccc(-c2ccc(N)cc2COc2ccc(C3CCC(CS)CC3)cc2)c(COc2ccc(C3CCC(S)CC3)cc2)c1. The van der Waals surface area contributed by atoms with Crippen molar-refractivity contribution in [2.45, 2.75) is 81.7 Å². The molecule has 0 saturated heterocycles. The Morgan fingerprint density at radius 2 is 0.978 bits per heavy atom. The van der Waals surface area contributed by atoms with Crippen molar-refractivity contribution < 1.29 is 9.47 Å². The molecule has 0 spiro atoms. The number of rotatable bonds is 10. The summed E-state index contributed by atoms with van der Waals surface area (Å²) < 4.78 is 12.6. The van der Waals surface area contributed by atoms with E-state index in [1.165, 1.54) is 62.5 Å². The zero-order valence-corrected chi connectivity index (χ0v) is 27.8. The van der Waals surface area contributed by atoms with Crippen LogP contribution in [0.5, 0.6) is 11.5 Å². The standard InChI is InChI=1S/C39H46N2O2S2/c40-33-11-19-38(31(21-33)23-42-35-13-5-28(6-14-35)27-3-1-26(25-44)2-4-27)39-20-12-34(41)22-32(39)24-43-36-15-7-29(8-16-36)30-9-17-37(45)18-10-30/h5-8,11-16,19-22,26-27,30,37,44-45H,1-4,9-10,17-18,23-25,40-41H2. The van der Waals surface area contributed by atoms with Crippen molar-refractivity contribution in [2.24, 2.45) is 5.92 Å². The maximum Gasteiger partial charge on any atom is 0.119 e. The van der Waals surface area contributed by atoms with Crippen LogP contribution >= 0.6 is 25.3 Å². The van der Waals surface area contributed by atoms with E-state index in [1.807, 2.05) is 24.3 Å². The first kappa shape index (κ1) is 31.7. The van der Waals surface area contributed by atoms with Crippen molar-refractivity contribution in [1.82, 2.24) is 0 Å². The summed E-state index contributed by atoms with van der Waals surface area (Å²) in [5.74, 6) is 4.75. The van der Waals surface area contributed by atoms with Gasteiger partial charge in [-0.3, -0.25) is 0 Å². The largest absolute Gasteiger partial charge is 0.489 e. The molecule has 0 radical (unpaired) electrons. The van der Waals surface area contributed by atoms with Gasteiger partial charge in [0.2, 0.25) is 0 Å². The molecule has 0 aromatic heterocycles. The van der Waals surface area contributed by atoms with Gasteiger partial charge in [0.1, 0.15) is 24.7 Å². The highest BCUT2D eigenvalue weighted by Crippen LogP contribution is 2.38. The third kappa shape index (κ3) is 8.14. The lowest BCUT2D eigenvalue weighted by Crippen LogP contribution is -2.14. The molecule has 4 nitrogen and oxygen atoms in total. The molecule has 0 amide bonds. The Morgan fingerprint density at radius 1 is 0.556 bits per heavy atom. The van der Waals surface area contributed by atoms with Crippen LogP contribution in [0.3, 0.4) is 0 Å². The Balaban J connectivity index is 1.13. The van der Waals surface area contributed by atoms with Gasteiger partial charge in [0.25, 0.3) is 0 Å². The second-order valence-corrected chi connectivity index (χ2v) is 14.0. The number of nitrogens with two attached hydrogens (primary N) is 2. The second-order valence-electron chi connectivity index (χ2n) is 13.0. The summed E-state index contributed by atoms with van der Waals surface area (Å²) in [6.45, 7) is 0.820. The average molecular weight is 639 g/mol. The predicted molar refractivity (Wildman–Crippen MR) is 195 cm³/mol. The van der Waals surface area contributed by atoms with Gasteiger partial charge < -0.3 is 20.9 Å². The van der Waals surface area contributed by atoms with Gasteiger partial charge in [-0.2, -0.15) is 25.3 Å². The van der Waals surface area contributed by atoms with Gasteiger partial charge >= 0.3 is 0 Å². The molecule has 6 heteroatoms. The number of ether oxygens (including phenoxy) is 2. The average Bonchev–Trinajstić information content (AvgIpc) is 3.08. The lowest BCUT2D eigenvalue weighted by Gasteiger charge is -2.27. The first-order chi connectivity index (χ1) is 21.9. The predicted octanol–water partition coefficient (Wildman–Crippen LogP) is 9.84. The van der Waals surface area contributed by atoms with E-state index in [0.29, 0.717) is 41.7 Å². The minimum absolute atomic E-state index is 0.409. The van der Waals surface area contributed by atoms with Crippen molar-refractivity contribution in [1.29, 1.82) is 0 Å². The molecular weight excluding hydrogens is 593 g/mol. The van der Waals surface area contributed by atoms with Crippen molar-refractivity contribution in [2.75, 3.05) is 17.2 Å². The Kier molecular flexibility index (Phi) is 10.5. The molecule has 0 aliphatic heterocycles. The molecular formula is C39H46N2O2S2. The van der Waals surface area contributed by atoms with Gasteiger partial charge in [-0.25, -0.2) is 0 Å². The second kappa shape index (κ2) is 14.9.